The highest BCUT2D eigenvalue weighted by molar-refractivity contribution is 4.72. The smallest absolute Gasteiger partial charge is 0.0494 e. The van der Waals surface area contributed by atoms with Gasteiger partial charge in [-0.2, -0.15) is 0 Å². The van der Waals surface area contributed by atoms with Crippen LogP contribution in [0.4, 0.5) is 0 Å². The van der Waals surface area contributed by atoms with Gasteiger partial charge in [-0.15, -0.1) is 0 Å². The van der Waals surface area contributed by atoms with Gasteiger partial charge in [0.15, 0.2) is 0 Å². The summed E-state index contributed by atoms with van der Waals surface area (Å²) in [5, 5.41) is 3.37. The molecule has 14 heavy (non-hydrogen) atoms. The lowest BCUT2D eigenvalue weighted by atomic mass is 10.3. The number of hydrogen-bond donors (Lipinski definition) is 1. The SMILES string of the molecule is C(COCC1CC1)CN1CCNCC1. The van der Waals surface area contributed by atoms with Gasteiger partial charge in [-0.05, 0) is 25.2 Å². The molecule has 3 heteroatoms. The van der Waals surface area contributed by atoms with Crippen LogP contribution in [0.5, 0.6) is 0 Å². The first-order valence-electron chi connectivity index (χ1n) is 5.96. The Bertz CT molecular complexity index is 153. The van der Waals surface area contributed by atoms with Crippen molar-refractivity contribution < 1.29 is 4.74 Å². The van der Waals surface area contributed by atoms with Crippen LogP contribution in [0, 0.1) is 5.92 Å². The molecule has 0 aromatic rings. The highest BCUT2D eigenvalue weighted by atomic mass is 16.5. The molecule has 2 rings (SSSR count). The van der Waals surface area contributed by atoms with E-state index in [9.17, 15) is 0 Å². The number of hydrogen-bond acceptors (Lipinski definition) is 3. The molecule has 2 aliphatic rings. The first kappa shape index (κ1) is 10.4. The maximum absolute atomic E-state index is 5.61. The Morgan fingerprint density at radius 3 is 2.71 bits per heavy atom. The molecule has 1 heterocycles. The summed E-state index contributed by atoms with van der Waals surface area (Å²) in [5.74, 6) is 0.911. The normalized spacial score (nSPS) is 24.0. The quantitative estimate of drug-likeness (QED) is 0.636. The Balaban J connectivity index is 1.41. The van der Waals surface area contributed by atoms with E-state index < -0.39 is 0 Å². The third kappa shape index (κ3) is 3.95. The summed E-state index contributed by atoms with van der Waals surface area (Å²) in [5.41, 5.74) is 0. The van der Waals surface area contributed by atoms with Crippen LogP contribution >= 0.6 is 0 Å². The monoisotopic (exact) mass is 198 g/mol. The predicted molar refractivity (Wildman–Crippen MR) is 57.5 cm³/mol. The van der Waals surface area contributed by atoms with E-state index in [2.05, 4.69) is 10.2 Å². The summed E-state index contributed by atoms with van der Waals surface area (Å²) in [6.45, 7) is 7.92. The maximum Gasteiger partial charge on any atom is 0.0494 e. The van der Waals surface area contributed by atoms with Crippen molar-refractivity contribution in [1.82, 2.24) is 10.2 Å². The highest BCUT2D eigenvalue weighted by Gasteiger charge is 2.20. The van der Waals surface area contributed by atoms with E-state index in [1.807, 2.05) is 0 Å². The topological polar surface area (TPSA) is 24.5 Å². The van der Waals surface area contributed by atoms with Crippen LogP contribution in [0.1, 0.15) is 19.3 Å². The Morgan fingerprint density at radius 1 is 1.21 bits per heavy atom. The lowest BCUT2D eigenvalue weighted by Gasteiger charge is -2.26. The third-order valence-corrected chi connectivity index (χ3v) is 3.02. The Kier molecular flexibility index (Phi) is 4.22. The second-order valence-electron chi connectivity index (χ2n) is 4.46. The minimum atomic E-state index is 0.911. The van der Waals surface area contributed by atoms with Crippen molar-refractivity contribution in [1.29, 1.82) is 0 Å². The number of nitrogens with zero attached hydrogens (tertiary/aromatic N) is 1. The van der Waals surface area contributed by atoms with Crippen molar-refractivity contribution in [2.45, 2.75) is 19.3 Å². The van der Waals surface area contributed by atoms with Crippen molar-refractivity contribution in [3.63, 3.8) is 0 Å². The molecule has 0 aromatic heterocycles. The molecule has 0 bridgehead atoms. The minimum Gasteiger partial charge on any atom is -0.381 e. The summed E-state index contributed by atoms with van der Waals surface area (Å²) < 4.78 is 5.61. The molecule has 0 unspecified atom stereocenters. The van der Waals surface area contributed by atoms with Gasteiger partial charge in [-0.25, -0.2) is 0 Å². The second kappa shape index (κ2) is 5.69. The molecule has 2 fully saturated rings. The van der Waals surface area contributed by atoms with Crippen LogP contribution in [-0.2, 0) is 4.74 Å². The fraction of sp³-hybridized carbons (Fsp3) is 1.00. The number of rotatable bonds is 6. The maximum atomic E-state index is 5.61. The lowest BCUT2D eigenvalue weighted by Crippen LogP contribution is -2.43. The van der Waals surface area contributed by atoms with Gasteiger partial charge in [0.2, 0.25) is 0 Å². The van der Waals surface area contributed by atoms with Gasteiger partial charge < -0.3 is 15.0 Å². The molecule has 1 saturated heterocycles. The number of ether oxygens (including phenoxy) is 1. The average Bonchev–Trinajstić information content (AvgIpc) is 3.03. The molecule has 0 spiro atoms. The molecular formula is C11H22N2O. The van der Waals surface area contributed by atoms with Gasteiger partial charge in [-0.3, -0.25) is 0 Å². The zero-order valence-electron chi connectivity index (χ0n) is 9.00. The van der Waals surface area contributed by atoms with Crippen LogP contribution < -0.4 is 5.32 Å². The van der Waals surface area contributed by atoms with Crippen LogP contribution in [0.3, 0.4) is 0 Å². The lowest BCUT2D eigenvalue weighted by molar-refractivity contribution is 0.110. The van der Waals surface area contributed by atoms with Crippen molar-refractivity contribution in [3.05, 3.63) is 0 Å². The first-order chi connectivity index (χ1) is 6.95. The van der Waals surface area contributed by atoms with E-state index >= 15 is 0 Å². The van der Waals surface area contributed by atoms with E-state index in [1.54, 1.807) is 0 Å². The Labute approximate surface area is 86.8 Å². The van der Waals surface area contributed by atoms with Gasteiger partial charge in [0.1, 0.15) is 0 Å². The zero-order chi connectivity index (χ0) is 9.64. The van der Waals surface area contributed by atoms with Crippen molar-refractivity contribution >= 4 is 0 Å². The van der Waals surface area contributed by atoms with Crippen molar-refractivity contribution in [2.24, 2.45) is 5.92 Å². The molecular weight excluding hydrogens is 176 g/mol. The Hall–Kier alpha value is -0.120. The molecule has 1 N–H and O–H groups in total. The average molecular weight is 198 g/mol. The number of nitrogens with one attached hydrogen (secondary N) is 1. The summed E-state index contributed by atoms with van der Waals surface area (Å²) in [6.07, 6.45) is 4.00. The standard InChI is InChI=1S/C11H22N2O/c1(9-14-10-11-2-3-11)6-13-7-4-12-5-8-13/h11-12H,1-10H2. The van der Waals surface area contributed by atoms with Crippen molar-refractivity contribution in [2.75, 3.05) is 45.9 Å². The zero-order valence-corrected chi connectivity index (χ0v) is 9.00. The van der Waals surface area contributed by atoms with Gasteiger partial charge in [0.25, 0.3) is 0 Å². The summed E-state index contributed by atoms with van der Waals surface area (Å²) >= 11 is 0. The van der Waals surface area contributed by atoms with Crippen LogP contribution in [0.15, 0.2) is 0 Å². The minimum absolute atomic E-state index is 0.911. The van der Waals surface area contributed by atoms with Gasteiger partial charge in [-0.1, -0.05) is 0 Å². The molecule has 0 amide bonds. The summed E-state index contributed by atoms with van der Waals surface area (Å²) in [4.78, 5) is 2.52. The van der Waals surface area contributed by atoms with Gasteiger partial charge in [0, 0.05) is 45.9 Å². The molecule has 0 atom stereocenters. The molecule has 82 valence electrons. The Morgan fingerprint density at radius 2 is 2.00 bits per heavy atom. The van der Waals surface area contributed by atoms with E-state index in [0.717, 1.165) is 32.2 Å². The largest absolute Gasteiger partial charge is 0.381 e. The number of piperazine rings is 1. The van der Waals surface area contributed by atoms with Crippen LogP contribution in [-0.4, -0.2) is 50.8 Å². The molecule has 1 saturated carbocycles. The van der Waals surface area contributed by atoms with E-state index in [0.29, 0.717) is 0 Å². The first-order valence-corrected chi connectivity index (χ1v) is 5.96. The summed E-state index contributed by atoms with van der Waals surface area (Å²) in [6, 6.07) is 0. The van der Waals surface area contributed by atoms with E-state index in [1.165, 1.54) is 38.9 Å². The molecule has 0 aromatic carbocycles. The summed E-state index contributed by atoms with van der Waals surface area (Å²) in [7, 11) is 0. The highest BCUT2D eigenvalue weighted by Crippen LogP contribution is 2.28. The molecule has 1 aliphatic heterocycles. The van der Waals surface area contributed by atoms with E-state index in [-0.39, 0.29) is 0 Å². The van der Waals surface area contributed by atoms with Gasteiger partial charge in [0.05, 0.1) is 0 Å². The molecule has 0 radical (unpaired) electrons. The molecule has 3 nitrogen and oxygen atoms in total. The second-order valence-corrected chi connectivity index (χ2v) is 4.46. The van der Waals surface area contributed by atoms with Gasteiger partial charge >= 0.3 is 0 Å². The fourth-order valence-corrected chi connectivity index (χ4v) is 1.86. The third-order valence-electron chi connectivity index (χ3n) is 3.02. The van der Waals surface area contributed by atoms with E-state index in [4.69, 9.17) is 4.74 Å². The fourth-order valence-electron chi connectivity index (χ4n) is 1.86. The van der Waals surface area contributed by atoms with Crippen molar-refractivity contribution in [3.8, 4) is 0 Å². The predicted octanol–water partition coefficient (Wildman–Crippen LogP) is 0.708. The molecule has 1 aliphatic carbocycles. The van der Waals surface area contributed by atoms with Crippen LogP contribution in [0.25, 0.3) is 0 Å². The van der Waals surface area contributed by atoms with Crippen LogP contribution in [0.2, 0.25) is 0 Å².